The highest BCUT2D eigenvalue weighted by Crippen LogP contribution is 2.35. The Bertz CT molecular complexity index is 728. The van der Waals surface area contributed by atoms with E-state index in [9.17, 15) is 18.0 Å². The Hall–Kier alpha value is -1.24. The number of hydrogen-bond acceptors (Lipinski definition) is 2. The lowest BCUT2D eigenvalue weighted by Gasteiger charge is -2.11. The van der Waals surface area contributed by atoms with E-state index in [1.54, 1.807) is 0 Å². The zero-order valence-corrected chi connectivity index (χ0v) is 11.6. The van der Waals surface area contributed by atoms with Crippen molar-refractivity contribution >= 4 is 34.8 Å². The van der Waals surface area contributed by atoms with Crippen LogP contribution in [0.3, 0.4) is 0 Å². The summed E-state index contributed by atoms with van der Waals surface area (Å²) in [6.45, 7) is 0. The zero-order chi connectivity index (χ0) is 15.1. The fourth-order valence-electron chi connectivity index (χ4n) is 1.46. The molecule has 0 spiro atoms. The first kappa shape index (κ1) is 15.2. The number of alkyl halides is 3. The van der Waals surface area contributed by atoms with E-state index in [1.807, 2.05) is 0 Å². The molecule has 20 heavy (non-hydrogen) atoms. The first-order valence-electron chi connectivity index (χ1n) is 5.02. The van der Waals surface area contributed by atoms with Gasteiger partial charge in [0, 0.05) is 0 Å². The third kappa shape index (κ3) is 2.77. The lowest BCUT2D eigenvalue weighted by molar-refractivity contribution is -0.137. The van der Waals surface area contributed by atoms with Crippen LogP contribution >= 0.6 is 34.8 Å². The molecule has 2 aromatic rings. The lowest BCUT2D eigenvalue weighted by Crippen LogP contribution is -2.22. The quantitative estimate of drug-likeness (QED) is 0.777. The Morgan fingerprint density at radius 2 is 1.75 bits per heavy atom. The second-order valence-corrected chi connectivity index (χ2v) is 4.88. The predicted octanol–water partition coefficient (Wildman–Crippen LogP) is 4.21. The van der Waals surface area contributed by atoms with E-state index in [1.165, 1.54) is 6.07 Å². The molecule has 0 aliphatic carbocycles. The summed E-state index contributed by atoms with van der Waals surface area (Å²) in [5.74, 6) is 0. The van der Waals surface area contributed by atoms with Crippen LogP contribution in [0.15, 0.2) is 29.2 Å². The number of nitrogens with zero attached hydrogens (tertiary/aromatic N) is 2. The molecule has 0 aliphatic heterocycles. The molecule has 106 valence electrons. The molecule has 0 saturated carbocycles. The molecule has 0 saturated heterocycles. The minimum absolute atomic E-state index is 0.0853. The fourth-order valence-corrected chi connectivity index (χ4v) is 1.94. The van der Waals surface area contributed by atoms with Crippen molar-refractivity contribution < 1.29 is 13.2 Å². The SMILES string of the molecule is O=c1c(Cl)c(Cl)cnn1-c1ccc(Cl)c(C(F)(F)F)c1. The van der Waals surface area contributed by atoms with Crippen molar-refractivity contribution in [2.24, 2.45) is 0 Å². The molecule has 0 amide bonds. The molecule has 0 aliphatic rings. The van der Waals surface area contributed by atoms with Crippen LogP contribution in [-0.4, -0.2) is 9.78 Å². The van der Waals surface area contributed by atoms with Gasteiger partial charge in [-0.1, -0.05) is 34.8 Å². The van der Waals surface area contributed by atoms with Crippen LogP contribution in [0.1, 0.15) is 5.56 Å². The highest BCUT2D eigenvalue weighted by molar-refractivity contribution is 6.41. The molecule has 9 heteroatoms. The Morgan fingerprint density at radius 3 is 2.35 bits per heavy atom. The zero-order valence-electron chi connectivity index (χ0n) is 9.38. The molecule has 0 radical (unpaired) electrons. The minimum atomic E-state index is -4.65. The average Bonchev–Trinajstić information content (AvgIpc) is 2.36. The summed E-state index contributed by atoms with van der Waals surface area (Å²) in [7, 11) is 0. The predicted molar refractivity (Wildman–Crippen MR) is 69.9 cm³/mol. The van der Waals surface area contributed by atoms with Gasteiger partial charge in [0.15, 0.2) is 0 Å². The molecular formula is C11H4Cl3F3N2O. The van der Waals surface area contributed by atoms with Gasteiger partial charge in [0.05, 0.1) is 27.5 Å². The molecule has 0 unspecified atom stereocenters. The number of benzene rings is 1. The van der Waals surface area contributed by atoms with Crippen molar-refractivity contribution in [3.63, 3.8) is 0 Å². The first-order chi connectivity index (χ1) is 9.21. The normalized spacial score (nSPS) is 11.7. The summed E-state index contributed by atoms with van der Waals surface area (Å²) in [6.07, 6.45) is -3.58. The maximum atomic E-state index is 12.7. The van der Waals surface area contributed by atoms with Crippen LogP contribution in [0.25, 0.3) is 5.69 Å². The van der Waals surface area contributed by atoms with Crippen LogP contribution in [0.5, 0.6) is 0 Å². The summed E-state index contributed by atoms with van der Waals surface area (Å²) in [5, 5.41) is 2.75. The second-order valence-electron chi connectivity index (χ2n) is 3.69. The summed E-state index contributed by atoms with van der Waals surface area (Å²) >= 11 is 16.7. The van der Waals surface area contributed by atoms with Gasteiger partial charge >= 0.3 is 6.18 Å². The van der Waals surface area contributed by atoms with Crippen molar-refractivity contribution in [3.8, 4) is 5.69 Å². The van der Waals surface area contributed by atoms with E-state index >= 15 is 0 Å². The van der Waals surface area contributed by atoms with Gasteiger partial charge in [0.25, 0.3) is 5.56 Å². The van der Waals surface area contributed by atoms with E-state index in [2.05, 4.69) is 5.10 Å². The van der Waals surface area contributed by atoms with Crippen molar-refractivity contribution in [3.05, 3.63) is 55.4 Å². The Balaban J connectivity index is 2.67. The minimum Gasteiger partial charge on any atom is -0.266 e. The van der Waals surface area contributed by atoms with E-state index < -0.39 is 22.3 Å². The molecule has 0 atom stereocenters. The molecule has 1 aromatic heterocycles. The summed E-state index contributed by atoms with van der Waals surface area (Å²) in [6, 6.07) is 2.95. The van der Waals surface area contributed by atoms with Gasteiger partial charge in [-0.15, -0.1) is 0 Å². The molecule has 0 bridgehead atoms. The van der Waals surface area contributed by atoms with E-state index in [0.717, 1.165) is 12.3 Å². The van der Waals surface area contributed by atoms with Crippen LogP contribution in [0.2, 0.25) is 15.1 Å². The van der Waals surface area contributed by atoms with Crippen LogP contribution < -0.4 is 5.56 Å². The van der Waals surface area contributed by atoms with Gasteiger partial charge < -0.3 is 0 Å². The number of aromatic nitrogens is 2. The van der Waals surface area contributed by atoms with Gasteiger partial charge in [0.1, 0.15) is 5.02 Å². The fraction of sp³-hybridized carbons (Fsp3) is 0.0909. The van der Waals surface area contributed by atoms with Gasteiger partial charge in [-0.05, 0) is 18.2 Å². The molecule has 1 aromatic carbocycles. The molecular weight excluding hydrogens is 339 g/mol. The number of halogens is 6. The smallest absolute Gasteiger partial charge is 0.266 e. The average molecular weight is 344 g/mol. The first-order valence-corrected chi connectivity index (χ1v) is 6.15. The van der Waals surface area contributed by atoms with Gasteiger partial charge in [-0.2, -0.15) is 23.0 Å². The Labute approximate surface area is 125 Å². The largest absolute Gasteiger partial charge is 0.417 e. The topological polar surface area (TPSA) is 34.9 Å². The Kier molecular flexibility index (Phi) is 4.00. The van der Waals surface area contributed by atoms with Crippen molar-refractivity contribution in [2.75, 3.05) is 0 Å². The molecule has 1 heterocycles. The van der Waals surface area contributed by atoms with Gasteiger partial charge in [0.2, 0.25) is 0 Å². The maximum Gasteiger partial charge on any atom is 0.417 e. The van der Waals surface area contributed by atoms with Crippen molar-refractivity contribution in [1.29, 1.82) is 0 Å². The second kappa shape index (κ2) is 5.27. The molecule has 3 nitrogen and oxygen atoms in total. The maximum absolute atomic E-state index is 12.7. The monoisotopic (exact) mass is 342 g/mol. The van der Waals surface area contributed by atoms with E-state index in [0.29, 0.717) is 10.7 Å². The molecule has 2 rings (SSSR count). The highest BCUT2D eigenvalue weighted by Gasteiger charge is 2.33. The highest BCUT2D eigenvalue weighted by atomic mass is 35.5. The van der Waals surface area contributed by atoms with Crippen LogP contribution in [0.4, 0.5) is 13.2 Å². The standard InChI is InChI=1S/C11H4Cl3F3N2O/c12-7-2-1-5(3-6(7)11(15,16)17)19-10(20)9(14)8(13)4-18-19/h1-4H. The summed E-state index contributed by atoms with van der Waals surface area (Å²) < 4.78 is 39.0. The third-order valence-electron chi connectivity index (χ3n) is 2.38. The van der Waals surface area contributed by atoms with Gasteiger partial charge in [-0.3, -0.25) is 4.79 Å². The number of rotatable bonds is 1. The van der Waals surface area contributed by atoms with E-state index in [-0.39, 0.29) is 15.7 Å². The van der Waals surface area contributed by atoms with Crippen molar-refractivity contribution in [1.82, 2.24) is 9.78 Å². The van der Waals surface area contributed by atoms with Crippen LogP contribution in [-0.2, 0) is 6.18 Å². The molecule has 0 fully saturated rings. The van der Waals surface area contributed by atoms with Crippen LogP contribution in [0, 0.1) is 0 Å². The lowest BCUT2D eigenvalue weighted by atomic mass is 10.2. The van der Waals surface area contributed by atoms with Gasteiger partial charge in [-0.25, -0.2) is 0 Å². The summed E-state index contributed by atoms with van der Waals surface area (Å²) in [4.78, 5) is 11.8. The number of hydrogen-bond donors (Lipinski definition) is 0. The third-order valence-corrected chi connectivity index (χ3v) is 3.45. The summed E-state index contributed by atoms with van der Waals surface area (Å²) in [5.41, 5.74) is -2.02. The Morgan fingerprint density at radius 1 is 1.10 bits per heavy atom. The van der Waals surface area contributed by atoms with E-state index in [4.69, 9.17) is 34.8 Å². The van der Waals surface area contributed by atoms with Crippen molar-refractivity contribution in [2.45, 2.75) is 6.18 Å². The molecule has 0 N–H and O–H groups in total.